The maximum Gasteiger partial charge on any atom is 0.343 e. The summed E-state index contributed by atoms with van der Waals surface area (Å²) in [6.45, 7) is 6.63. The number of fused-ring (bicyclic) bond motifs is 1. The highest BCUT2D eigenvalue weighted by atomic mass is 16.8. The first-order chi connectivity index (χ1) is 14.3. The first kappa shape index (κ1) is 19.9. The van der Waals surface area contributed by atoms with Gasteiger partial charge in [-0.2, -0.15) is 0 Å². The van der Waals surface area contributed by atoms with Gasteiger partial charge in [0.2, 0.25) is 11.9 Å². The standard InChI is InChI=1S/C20H24O11/c1-5-12(24)28-11-8(22)18-10-6(21)7(16(2,3)4)17(18)9(23)13(25)30-15(17)31-20(18,14(26)29-10)19(5,11)27/h5-11,15,21-23,27H,1-4H3/t5-,6-,7-,8+,9-,10-,11+,15-,17+,18?,19-,20+/m0/s1. The van der Waals surface area contributed by atoms with Gasteiger partial charge in [0.25, 0.3) is 0 Å². The molecule has 12 atom stereocenters. The molecule has 4 aliphatic heterocycles. The van der Waals surface area contributed by atoms with Crippen molar-refractivity contribution in [2.24, 2.45) is 28.1 Å². The highest BCUT2D eigenvalue weighted by molar-refractivity contribution is 5.94. The van der Waals surface area contributed by atoms with Crippen molar-refractivity contribution in [3.05, 3.63) is 0 Å². The molecular weight excluding hydrogens is 416 g/mol. The predicted octanol–water partition coefficient (Wildman–Crippen LogP) is -2.40. The van der Waals surface area contributed by atoms with Crippen LogP contribution in [0.1, 0.15) is 27.7 Å². The zero-order valence-electron chi connectivity index (χ0n) is 17.3. The van der Waals surface area contributed by atoms with Gasteiger partial charge >= 0.3 is 17.9 Å². The van der Waals surface area contributed by atoms with Gasteiger partial charge in [-0.15, -0.1) is 0 Å². The molecular formula is C20H24O11. The third-order valence-corrected chi connectivity index (χ3v) is 8.95. The molecule has 0 radical (unpaired) electrons. The molecule has 6 fully saturated rings. The van der Waals surface area contributed by atoms with Crippen LogP contribution in [0, 0.1) is 28.1 Å². The lowest BCUT2D eigenvalue weighted by atomic mass is 9.51. The van der Waals surface area contributed by atoms with Crippen LogP contribution in [0.3, 0.4) is 0 Å². The quantitative estimate of drug-likeness (QED) is 0.234. The molecule has 0 aromatic rings. The molecule has 2 saturated carbocycles. The number of ether oxygens (including phenoxy) is 4. The van der Waals surface area contributed by atoms with Crippen LogP contribution in [0.4, 0.5) is 0 Å². The van der Waals surface area contributed by atoms with Gasteiger partial charge in [-0.1, -0.05) is 20.8 Å². The third-order valence-electron chi connectivity index (χ3n) is 8.95. The van der Waals surface area contributed by atoms with Crippen molar-refractivity contribution in [1.29, 1.82) is 0 Å². The van der Waals surface area contributed by atoms with Crippen LogP contribution in [-0.2, 0) is 33.3 Å². The van der Waals surface area contributed by atoms with Crippen LogP contribution in [-0.4, -0.2) is 86.3 Å². The van der Waals surface area contributed by atoms with E-state index in [0.29, 0.717) is 0 Å². The van der Waals surface area contributed by atoms with E-state index >= 15 is 0 Å². The van der Waals surface area contributed by atoms with Crippen molar-refractivity contribution in [3.8, 4) is 0 Å². The first-order valence-electron chi connectivity index (χ1n) is 10.3. The zero-order chi connectivity index (χ0) is 22.7. The van der Waals surface area contributed by atoms with Gasteiger partial charge in [0, 0.05) is 5.92 Å². The van der Waals surface area contributed by atoms with Gasteiger partial charge in [-0.05, 0) is 12.3 Å². The molecule has 31 heavy (non-hydrogen) atoms. The largest absolute Gasteiger partial charge is 0.456 e. The first-order valence-corrected chi connectivity index (χ1v) is 10.3. The summed E-state index contributed by atoms with van der Waals surface area (Å²) in [5, 5.41) is 46.1. The Kier molecular flexibility index (Phi) is 3.15. The monoisotopic (exact) mass is 440 g/mol. The van der Waals surface area contributed by atoms with Crippen molar-refractivity contribution >= 4 is 17.9 Å². The Morgan fingerprint density at radius 3 is 2.19 bits per heavy atom. The average molecular weight is 440 g/mol. The van der Waals surface area contributed by atoms with E-state index in [1.165, 1.54) is 6.92 Å². The zero-order valence-corrected chi connectivity index (χ0v) is 17.3. The average Bonchev–Trinajstić information content (AvgIpc) is 3.35. The number of hydrogen-bond acceptors (Lipinski definition) is 11. The van der Waals surface area contributed by atoms with E-state index in [2.05, 4.69) is 0 Å². The Morgan fingerprint density at radius 1 is 0.935 bits per heavy atom. The molecule has 0 amide bonds. The summed E-state index contributed by atoms with van der Waals surface area (Å²) in [5.74, 6) is -5.22. The Hall–Kier alpha value is -1.79. The summed E-state index contributed by atoms with van der Waals surface area (Å²) < 4.78 is 22.2. The maximum absolute atomic E-state index is 13.4. The number of carbonyl (C=O) groups excluding carboxylic acids is 3. The van der Waals surface area contributed by atoms with E-state index < -0.39 is 94.0 Å². The number of aliphatic hydroxyl groups excluding tert-OH is 3. The van der Waals surface area contributed by atoms with Crippen LogP contribution < -0.4 is 0 Å². The smallest absolute Gasteiger partial charge is 0.343 e. The summed E-state index contributed by atoms with van der Waals surface area (Å²) >= 11 is 0. The topological polar surface area (TPSA) is 169 Å². The summed E-state index contributed by atoms with van der Waals surface area (Å²) in [6, 6.07) is 0. The Bertz CT molecular complexity index is 957. The van der Waals surface area contributed by atoms with Crippen LogP contribution >= 0.6 is 0 Å². The molecule has 11 heteroatoms. The fraction of sp³-hybridized carbons (Fsp3) is 0.850. The Balaban J connectivity index is 1.75. The molecule has 4 N–H and O–H groups in total. The normalized spacial score (nSPS) is 61.0. The van der Waals surface area contributed by atoms with Crippen LogP contribution in [0.5, 0.6) is 0 Å². The van der Waals surface area contributed by atoms with Gasteiger partial charge in [0.05, 0.1) is 22.9 Å². The minimum atomic E-state index is -2.40. The highest BCUT2D eigenvalue weighted by Crippen LogP contribution is 2.84. The van der Waals surface area contributed by atoms with Gasteiger partial charge in [-0.3, -0.25) is 4.79 Å². The van der Waals surface area contributed by atoms with Crippen molar-refractivity contribution in [2.75, 3.05) is 0 Å². The van der Waals surface area contributed by atoms with Crippen molar-refractivity contribution in [2.45, 2.75) is 75.7 Å². The van der Waals surface area contributed by atoms with E-state index in [1.54, 1.807) is 20.8 Å². The lowest BCUT2D eigenvalue weighted by molar-refractivity contribution is -0.240. The van der Waals surface area contributed by atoms with Gasteiger partial charge in [0.15, 0.2) is 17.8 Å². The van der Waals surface area contributed by atoms with E-state index in [0.717, 1.165) is 0 Å². The van der Waals surface area contributed by atoms with Gasteiger partial charge < -0.3 is 39.4 Å². The minimum Gasteiger partial charge on any atom is -0.456 e. The second-order valence-corrected chi connectivity index (χ2v) is 10.8. The van der Waals surface area contributed by atoms with E-state index in [4.69, 9.17) is 18.9 Å². The fourth-order valence-electron chi connectivity index (χ4n) is 8.27. The molecule has 170 valence electrons. The van der Waals surface area contributed by atoms with Gasteiger partial charge in [-0.25, -0.2) is 9.59 Å². The van der Waals surface area contributed by atoms with Gasteiger partial charge in [0.1, 0.15) is 12.2 Å². The molecule has 0 bridgehead atoms. The lowest BCUT2D eigenvalue weighted by Gasteiger charge is -2.47. The maximum atomic E-state index is 13.4. The summed E-state index contributed by atoms with van der Waals surface area (Å²) in [5.41, 5.74) is -9.40. The molecule has 2 aliphatic carbocycles. The minimum absolute atomic E-state index is 0.792. The van der Waals surface area contributed by atoms with Crippen LogP contribution in [0.2, 0.25) is 0 Å². The number of rotatable bonds is 0. The number of carbonyl (C=O) groups is 3. The molecule has 1 unspecified atom stereocenters. The summed E-state index contributed by atoms with van der Waals surface area (Å²) in [6.07, 6.45) is -9.69. The Labute approximate surface area is 176 Å². The molecule has 4 saturated heterocycles. The lowest BCUT2D eigenvalue weighted by Crippen LogP contribution is -2.67. The molecule has 0 aromatic carbocycles. The van der Waals surface area contributed by atoms with Crippen LogP contribution in [0.15, 0.2) is 0 Å². The van der Waals surface area contributed by atoms with E-state index in [1.807, 2.05) is 0 Å². The summed E-state index contributed by atoms with van der Waals surface area (Å²) in [7, 11) is 0. The molecule has 4 heterocycles. The number of aliphatic hydroxyl groups is 4. The van der Waals surface area contributed by atoms with Crippen molar-refractivity contribution in [3.63, 3.8) is 0 Å². The van der Waals surface area contributed by atoms with Crippen LogP contribution in [0.25, 0.3) is 0 Å². The number of hydrogen-bond donors (Lipinski definition) is 4. The van der Waals surface area contributed by atoms with Crippen molar-refractivity contribution < 1.29 is 53.8 Å². The second kappa shape index (κ2) is 4.91. The summed E-state index contributed by atoms with van der Waals surface area (Å²) in [4.78, 5) is 38.3. The fourth-order valence-corrected chi connectivity index (χ4v) is 8.27. The van der Waals surface area contributed by atoms with E-state index in [-0.39, 0.29) is 0 Å². The number of esters is 3. The third kappa shape index (κ3) is 1.43. The molecule has 0 aromatic heterocycles. The van der Waals surface area contributed by atoms with Crippen molar-refractivity contribution in [1.82, 2.24) is 0 Å². The molecule has 2 spiro atoms. The predicted molar refractivity (Wildman–Crippen MR) is 93.4 cm³/mol. The highest BCUT2D eigenvalue weighted by Gasteiger charge is 3.05. The molecule has 6 aliphatic rings. The van der Waals surface area contributed by atoms with E-state index in [9.17, 15) is 34.8 Å². The molecule has 11 nitrogen and oxygen atoms in total. The molecule has 6 rings (SSSR count). The Morgan fingerprint density at radius 2 is 1.58 bits per heavy atom. The SMILES string of the molecule is C[C@H]1C(=O)O[C@@H]2[C@@H](O)C34[C@H]5OC(=O)[C@]3(O[C@@H]3OC(=O)[C@H](O)[C@]34[C@H](C(C)(C)C)[C@@H]5O)[C@@]21O. The second-order valence-electron chi connectivity index (χ2n) is 10.8.